The van der Waals surface area contributed by atoms with Gasteiger partial charge in [-0.25, -0.2) is 0 Å². The van der Waals surface area contributed by atoms with E-state index in [4.69, 9.17) is 4.42 Å². The minimum Gasteiger partial charge on any atom is -0.414 e. The number of carbonyl (C=O) groups is 5. The maximum absolute atomic E-state index is 13.7. The highest BCUT2D eigenvalue weighted by Crippen LogP contribution is 2.31. The number of amides is 4. The summed E-state index contributed by atoms with van der Waals surface area (Å²) in [7, 11) is 0. The first-order valence-electron chi connectivity index (χ1n) is 17.3. The van der Waals surface area contributed by atoms with Crippen molar-refractivity contribution in [1.29, 1.82) is 0 Å². The van der Waals surface area contributed by atoms with Crippen molar-refractivity contribution >= 4 is 29.4 Å². The topological polar surface area (TPSA) is 176 Å². The van der Waals surface area contributed by atoms with Gasteiger partial charge in [-0.2, -0.15) is 13.2 Å². The van der Waals surface area contributed by atoms with Crippen LogP contribution in [0.3, 0.4) is 0 Å². The summed E-state index contributed by atoms with van der Waals surface area (Å²) >= 11 is 0. The minimum absolute atomic E-state index is 0.162. The SMILES string of the molecule is CC(C)[C@H](NC(=O)[C@H]1CCCN1C(=O)[C@@H](NC(=O)CCCCCNC(=O)c1ccccn1)C(C)C)C(=O)c1nnc(-c2ccc(C(F)(F)F)cc2)o1. The number of benzene rings is 1. The number of Topliss-reactive ketones (excluding diaryl/α,β-unsaturated/α-hetero) is 1. The molecule has 4 rings (SSSR count). The molecular weight excluding hydrogens is 683 g/mol. The molecule has 0 bridgehead atoms. The van der Waals surface area contributed by atoms with Crippen LogP contribution in [0, 0.1) is 11.8 Å². The van der Waals surface area contributed by atoms with Crippen molar-refractivity contribution in [3.8, 4) is 11.5 Å². The number of hydrogen-bond donors (Lipinski definition) is 3. The van der Waals surface area contributed by atoms with E-state index in [-0.39, 0.29) is 35.6 Å². The van der Waals surface area contributed by atoms with Gasteiger partial charge >= 0.3 is 6.18 Å². The van der Waals surface area contributed by atoms with E-state index in [1.165, 1.54) is 4.90 Å². The van der Waals surface area contributed by atoms with E-state index in [2.05, 4.69) is 31.1 Å². The number of nitrogens with one attached hydrogen (secondary N) is 3. The van der Waals surface area contributed by atoms with Crippen LogP contribution in [0.4, 0.5) is 13.2 Å². The fraction of sp³-hybridized carbons (Fsp3) is 0.500. The van der Waals surface area contributed by atoms with Gasteiger partial charge in [-0.3, -0.25) is 29.0 Å². The van der Waals surface area contributed by atoms with E-state index in [0.717, 1.165) is 24.3 Å². The third-order valence-corrected chi connectivity index (χ3v) is 8.69. The molecule has 16 heteroatoms. The summed E-state index contributed by atoms with van der Waals surface area (Å²) in [6.45, 7) is 7.74. The number of alkyl halides is 3. The average molecular weight is 728 g/mol. The van der Waals surface area contributed by atoms with Gasteiger partial charge in [0, 0.05) is 31.3 Å². The van der Waals surface area contributed by atoms with Gasteiger partial charge in [0.25, 0.3) is 11.8 Å². The van der Waals surface area contributed by atoms with Gasteiger partial charge in [0.2, 0.25) is 29.4 Å². The number of halogens is 3. The Bertz CT molecular complexity index is 1700. The van der Waals surface area contributed by atoms with Gasteiger partial charge in [0.1, 0.15) is 17.8 Å². The van der Waals surface area contributed by atoms with Gasteiger partial charge < -0.3 is 25.3 Å². The second kappa shape index (κ2) is 17.9. The molecule has 0 aliphatic carbocycles. The predicted octanol–water partition coefficient (Wildman–Crippen LogP) is 4.60. The summed E-state index contributed by atoms with van der Waals surface area (Å²) in [5, 5.41) is 15.9. The normalized spacial score (nSPS) is 15.7. The lowest BCUT2D eigenvalue weighted by atomic mass is 9.98. The highest BCUT2D eigenvalue weighted by atomic mass is 19.4. The summed E-state index contributed by atoms with van der Waals surface area (Å²) in [6, 6.07) is 6.25. The molecule has 1 aromatic carbocycles. The van der Waals surface area contributed by atoms with Crippen LogP contribution in [0.2, 0.25) is 0 Å². The second-order valence-electron chi connectivity index (χ2n) is 13.3. The molecule has 0 saturated carbocycles. The van der Waals surface area contributed by atoms with Crippen molar-refractivity contribution in [2.45, 2.75) is 90.5 Å². The summed E-state index contributed by atoms with van der Waals surface area (Å²) in [5.41, 5.74) is -0.347. The minimum atomic E-state index is -4.52. The molecule has 52 heavy (non-hydrogen) atoms. The zero-order chi connectivity index (χ0) is 38.0. The van der Waals surface area contributed by atoms with E-state index in [0.29, 0.717) is 50.9 Å². The van der Waals surface area contributed by atoms with Gasteiger partial charge in [-0.05, 0) is 73.9 Å². The lowest BCUT2D eigenvalue weighted by Crippen LogP contribution is -2.57. The van der Waals surface area contributed by atoms with Crippen molar-refractivity contribution in [1.82, 2.24) is 36.0 Å². The highest BCUT2D eigenvalue weighted by Gasteiger charge is 2.40. The number of pyridine rings is 1. The molecule has 1 saturated heterocycles. The maximum atomic E-state index is 13.7. The molecule has 4 amide bonds. The maximum Gasteiger partial charge on any atom is 0.416 e. The van der Waals surface area contributed by atoms with Crippen LogP contribution in [0.5, 0.6) is 0 Å². The molecule has 3 atom stereocenters. The summed E-state index contributed by atoms with van der Waals surface area (Å²) in [6.07, 6.45) is -0.00870. The number of ketones is 1. The lowest BCUT2D eigenvalue weighted by Gasteiger charge is -2.31. The van der Waals surface area contributed by atoms with Gasteiger partial charge in [-0.15, -0.1) is 10.2 Å². The molecular formula is C36H44F3N7O6. The second-order valence-corrected chi connectivity index (χ2v) is 13.3. The molecule has 2 aromatic heterocycles. The Balaban J connectivity index is 1.30. The van der Waals surface area contributed by atoms with E-state index in [9.17, 15) is 37.1 Å². The molecule has 0 spiro atoms. The summed E-state index contributed by atoms with van der Waals surface area (Å²) < 4.78 is 44.4. The third kappa shape index (κ3) is 10.4. The van der Waals surface area contributed by atoms with Crippen LogP contribution < -0.4 is 16.0 Å². The number of hydrogen-bond acceptors (Lipinski definition) is 9. The fourth-order valence-corrected chi connectivity index (χ4v) is 5.78. The number of rotatable bonds is 16. The van der Waals surface area contributed by atoms with Crippen LogP contribution in [0.25, 0.3) is 11.5 Å². The first-order chi connectivity index (χ1) is 24.7. The molecule has 3 heterocycles. The molecule has 1 aliphatic rings. The summed E-state index contributed by atoms with van der Waals surface area (Å²) in [4.78, 5) is 71.2. The molecule has 0 radical (unpaired) electrons. The molecule has 0 unspecified atom stereocenters. The van der Waals surface area contributed by atoms with Crippen LogP contribution in [-0.4, -0.2) is 80.7 Å². The van der Waals surface area contributed by atoms with Gasteiger partial charge in [0.05, 0.1) is 11.6 Å². The molecule has 1 fully saturated rings. The van der Waals surface area contributed by atoms with Crippen LogP contribution in [0.1, 0.15) is 93.0 Å². The Labute approximate surface area is 299 Å². The third-order valence-electron chi connectivity index (χ3n) is 8.69. The van der Waals surface area contributed by atoms with Gasteiger partial charge in [0.15, 0.2) is 0 Å². The molecule has 3 N–H and O–H groups in total. The van der Waals surface area contributed by atoms with Crippen molar-refractivity contribution in [2.24, 2.45) is 11.8 Å². The monoisotopic (exact) mass is 727 g/mol. The number of carbonyl (C=O) groups excluding carboxylic acids is 5. The van der Waals surface area contributed by atoms with Crippen molar-refractivity contribution in [3.63, 3.8) is 0 Å². The van der Waals surface area contributed by atoms with E-state index >= 15 is 0 Å². The van der Waals surface area contributed by atoms with E-state index < -0.39 is 59.3 Å². The largest absolute Gasteiger partial charge is 0.416 e. The Hall–Kier alpha value is -5.15. The fourth-order valence-electron chi connectivity index (χ4n) is 5.78. The number of nitrogens with zero attached hydrogens (tertiary/aromatic N) is 4. The molecule has 1 aliphatic heterocycles. The first kappa shape index (κ1) is 39.6. The molecule has 3 aromatic rings. The van der Waals surface area contributed by atoms with Gasteiger partial charge in [-0.1, -0.05) is 40.2 Å². The number of likely N-dealkylation sites (tertiary alicyclic amines) is 1. The van der Waals surface area contributed by atoms with Crippen LogP contribution in [-0.2, 0) is 20.6 Å². The predicted molar refractivity (Wildman–Crippen MR) is 182 cm³/mol. The Morgan fingerprint density at radius 1 is 0.904 bits per heavy atom. The van der Waals surface area contributed by atoms with E-state index in [1.54, 1.807) is 52.1 Å². The van der Waals surface area contributed by atoms with Crippen molar-refractivity contribution < 1.29 is 41.6 Å². The molecule has 13 nitrogen and oxygen atoms in total. The van der Waals surface area contributed by atoms with Crippen molar-refractivity contribution in [2.75, 3.05) is 13.1 Å². The number of unbranched alkanes of at least 4 members (excludes halogenated alkanes) is 2. The average Bonchev–Trinajstić information content (AvgIpc) is 3.81. The quantitative estimate of drug-likeness (QED) is 0.141. The van der Waals surface area contributed by atoms with E-state index in [1.807, 2.05) is 0 Å². The number of aromatic nitrogens is 3. The van der Waals surface area contributed by atoms with Crippen LogP contribution in [0.15, 0.2) is 53.1 Å². The first-order valence-corrected chi connectivity index (χ1v) is 17.3. The zero-order valence-electron chi connectivity index (χ0n) is 29.5. The summed E-state index contributed by atoms with van der Waals surface area (Å²) in [5.74, 6) is -3.49. The molecule has 280 valence electrons. The Morgan fingerprint density at radius 2 is 1.62 bits per heavy atom. The highest BCUT2D eigenvalue weighted by molar-refractivity contribution is 6.00. The van der Waals surface area contributed by atoms with Crippen molar-refractivity contribution in [3.05, 3.63) is 65.8 Å². The standard InChI is InChI=1S/C36H44F3N7O6/c1-21(2)28(30(48)34-45-44-33(52-34)23-14-16-24(17-15-23)36(37,38)39)43-32(50)26-12-10-20-46(26)35(51)29(22(3)4)42-27(47)13-6-5-8-19-41-31(49)25-11-7-9-18-40-25/h7,9,11,14-18,21-22,26,28-29H,5-6,8,10,12-13,19-20H2,1-4H3,(H,41,49)(H,42,47)(H,43,50)/t26-,28+,29+/m1/s1. The lowest BCUT2D eigenvalue weighted by molar-refractivity contribution is -0.142. The van der Waals surface area contributed by atoms with Crippen LogP contribution >= 0.6 is 0 Å². The Morgan fingerprint density at radius 3 is 2.25 bits per heavy atom. The Kier molecular flexibility index (Phi) is 13.6. The smallest absolute Gasteiger partial charge is 0.414 e. The zero-order valence-corrected chi connectivity index (χ0v) is 29.5.